The number of aliphatic hydroxyl groups excluding tert-OH is 1. The largest absolute Gasteiger partial charge is 0.463 e. The van der Waals surface area contributed by atoms with Crippen molar-refractivity contribution in [1.29, 1.82) is 0 Å². The van der Waals surface area contributed by atoms with Gasteiger partial charge in [0.25, 0.3) is 0 Å². The molecule has 5 heteroatoms. The molecule has 0 rings (SSSR count). The van der Waals surface area contributed by atoms with Crippen molar-refractivity contribution in [3.05, 3.63) is 0 Å². The molecule has 52 heavy (non-hydrogen) atoms. The number of rotatable bonds is 43. The van der Waals surface area contributed by atoms with E-state index in [0.29, 0.717) is 12.8 Å². The van der Waals surface area contributed by atoms with E-state index in [-0.39, 0.29) is 25.2 Å². The summed E-state index contributed by atoms with van der Waals surface area (Å²) in [6.45, 7) is 6.72. The van der Waals surface area contributed by atoms with Crippen LogP contribution in [0.3, 0.4) is 0 Å². The average Bonchev–Trinajstić information content (AvgIpc) is 3.13. The zero-order chi connectivity index (χ0) is 38.0. The monoisotopic (exact) mass is 737 g/mol. The van der Waals surface area contributed by atoms with Crippen LogP contribution in [-0.4, -0.2) is 36.4 Å². The minimum Gasteiger partial charge on any atom is -0.463 e. The van der Waals surface area contributed by atoms with Crippen molar-refractivity contribution in [2.45, 2.75) is 271 Å². The lowest BCUT2D eigenvalue weighted by Crippen LogP contribution is -2.25. The number of ether oxygens (including phenoxy) is 2. The molecule has 1 N–H and O–H groups in total. The lowest BCUT2D eigenvalue weighted by Gasteiger charge is -2.12. The number of unbranched alkanes of at least 4 members (excludes halogenated alkanes) is 33. The molecule has 0 radical (unpaired) electrons. The summed E-state index contributed by atoms with van der Waals surface area (Å²) in [7, 11) is 0. The van der Waals surface area contributed by atoms with E-state index >= 15 is 0 Å². The van der Waals surface area contributed by atoms with Gasteiger partial charge in [-0.25, -0.2) is 0 Å². The Hall–Kier alpha value is -1.10. The first-order chi connectivity index (χ1) is 25.5. The van der Waals surface area contributed by atoms with Gasteiger partial charge in [-0.1, -0.05) is 239 Å². The molecule has 0 saturated heterocycles. The van der Waals surface area contributed by atoms with Gasteiger partial charge in [0.1, 0.15) is 19.3 Å². The molecular formula is C47H92O5. The Balaban J connectivity index is 3.34. The van der Waals surface area contributed by atoms with Crippen LogP contribution in [0, 0.1) is 5.92 Å². The lowest BCUT2D eigenvalue weighted by atomic mass is 10.0. The van der Waals surface area contributed by atoms with Crippen molar-refractivity contribution in [1.82, 2.24) is 0 Å². The normalized spacial score (nSPS) is 12.1. The molecule has 0 aliphatic heterocycles. The number of hydrogen-bond donors (Lipinski definition) is 1. The van der Waals surface area contributed by atoms with Crippen LogP contribution in [0.4, 0.5) is 0 Å². The van der Waals surface area contributed by atoms with E-state index in [1.807, 2.05) is 0 Å². The van der Waals surface area contributed by atoms with E-state index in [9.17, 15) is 14.7 Å². The van der Waals surface area contributed by atoms with Crippen LogP contribution in [0.25, 0.3) is 0 Å². The first-order valence-corrected chi connectivity index (χ1v) is 23.4. The highest BCUT2D eigenvalue weighted by atomic mass is 16.6. The molecule has 0 spiro atoms. The molecule has 0 fully saturated rings. The molecule has 5 nitrogen and oxygen atoms in total. The Bertz CT molecular complexity index is 723. The quantitative estimate of drug-likeness (QED) is 0.0498. The van der Waals surface area contributed by atoms with Gasteiger partial charge in [0.2, 0.25) is 0 Å². The van der Waals surface area contributed by atoms with E-state index in [2.05, 4.69) is 20.8 Å². The molecule has 0 bridgehead atoms. The summed E-state index contributed by atoms with van der Waals surface area (Å²) in [4.78, 5) is 24.0. The van der Waals surface area contributed by atoms with E-state index in [1.54, 1.807) is 0 Å². The summed E-state index contributed by atoms with van der Waals surface area (Å²) in [6, 6.07) is 0. The highest BCUT2D eigenvalue weighted by Crippen LogP contribution is 2.17. The lowest BCUT2D eigenvalue weighted by molar-refractivity contribution is -0.152. The fourth-order valence-electron chi connectivity index (χ4n) is 7.22. The summed E-state index contributed by atoms with van der Waals surface area (Å²) in [5.74, 6) is 0.320. The summed E-state index contributed by atoms with van der Waals surface area (Å²) in [6.07, 6.45) is 47.5. The Morgan fingerprint density at radius 2 is 0.615 bits per heavy atom. The maximum atomic E-state index is 12.0. The van der Waals surface area contributed by atoms with Crippen LogP contribution in [0.2, 0.25) is 0 Å². The Kier molecular flexibility index (Phi) is 41.7. The molecule has 0 aromatic rings. The maximum absolute atomic E-state index is 12.0. The first-order valence-electron chi connectivity index (χ1n) is 23.4. The predicted octanol–water partition coefficient (Wildman–Crippen LogP) is 14.9. The van der Waals surface area contributed by atoms with Crippen molar-refractivity contribution in [3.8, 4) is 0 Å². The minimum atomic E-state index is -0.956. The maximum Gasteiger partial charge on any atom is 0.305 e. The van der Waals surface area contributed by atoms with Crippen LogP contribution in [0.5, 0.6) is 0 Å². The fourth-order valence-corrected chi connectivity index (χ4v) is 7.22. The van der Waals surface area contributed by atoms with Crippen molar-refractivity contribution in [2.75, 3.05) is 13.2 Å². The van der Waals surface area contributed by atoms with Gasteiger partial charge in [-0.3, -0.25) is 9.59 Å². The molecule has 0 aliphatic carbocycles. The van der Waals surface area contributed by atoms with Gasteiger partial charge in [-0.05, 0) is 18.8 Å². The second-order valence-corrected chi connectivity index (χ2v) is 16.7. The highest BCUT2D eigenvalue weighted by Gasteiger charge is 2.12. The van der Waals surface area contributed by atoms with Gasteiger partial charge in [0, 0.05) is 12.8 Å². The zero-order valence-corrected chi connectivity index (χ0v) is 35.5. The minimum absolute atomic E-state index is 0.107. The smallest absolute Gasteiger partial charge is 0.305 e. The molecule has 0 aromatic heterocycles. The number of carbonyl (C=O) groups is 2. The summed E-state index contributed by atoms with van der Waals surface area (Å²) < 4.78 is 10.4. The van der Waals surface area contributed by atoms with Crippen LogP contribution in [-0.2, 0) is 19.1 Å². The highest BCUT2D eigenvalue weighted by molar-refractivity contribution is 5.69. The number of hydrogen-bond acceptors (Lipinski definition) is 5. The van der Waals surface area contributed by atoms with E-state index in [4.69, 9.17) is 9.47 Å². The van der Waals surface area contributed by atoms with Crippen LogP contribution >= 0.6 is 0 Å². The predicted molar refractivity (Wildman–Crippen MR) is 224 cm³/mol. The van der Waals surface area contributed by atoms with Gasteiger partial charge < -0.3 is 14.6 Å². The summed E-state index contributed by atoms with van der Waals surface area (Å²) in [5, 5.41) is 10.1. The average molecular weight is 737 g/mol. The third-order valence-electron chi connectivity index (χ3n) is 10.8. The summed E-state index contributed by atoms with van der Waals surface area (Å²) >= 11 is 0. The van der Waals surface area contributed by atoms with Crippen LogP contribution in [0.15, 0.2) is 0 Å². The van der Waals surface area contributed by atoms with Gasteiger partial charge in [0.05, 0.1) is 0 Å². The van der Waals surface area contributed by atoms with Crippen LogP contribution in [0.1, 0.15) is 265 Å². The third kappa shape index (κ3) is 43.3. The Morgan fingerprint density at radius 3 is 0.865 bits per heavy atom. The van der Waals surface area contributed by atoms with Crippen LogP contribution < -0.4 is 0 Å². The molecular weight excluding hydrogens is 645 g/mol. The standard InChI is InChI=1S/C47H92O5/c1-4-5-6-7-8-9-10-11-12-15-19-22-25-28-31-34-37-40-46(49)51-42-45(48)43-52-47(50)41-38-35-32-29-26-23-20-17-14-13-16-18-21-24-27-30-33-36-39-44(2)3/h44-45,48H,4-43H2,1-3H3/t45-/m1/s1. The summed E-state index contributed by atoms with van der Waals surface area (Å²) in [5.41, 5.74) is 0. The molecule has 0 amide bonds. The van der Waals surface area contributed by atoms with Crippen molar-refractivity contribution in [3.63, 3.8) is 0 Å². The molecule has 0 heterocycles. The topological polar surface area (TPSA) is 72.8 Å². The van der Waals surface area contributed by atoms with E-state index < -0.39 is 6.10 Å². The van der Waals surface area contributed by atoms with E-state index in [1.165, 1.54) is 205 Å². The van der Waals surface area contributed by atoms with Gasteiger partial charge in [-0.2, -0.15) is 0 Å². The number of aliphatic hydroxyl groups is 1. The van der Waals surface area contributed by atoms with Gasteiger partial charge in [0.15, 0.2) is 0 Å². The second kappa shape index (κ2) is 42.6. The van der Waals surface area contributed by atoms with E-state index in [0.717, 1.165) is 31.6 Å². The Morgan fingerprint density at radius 1 is 0.385 bits per heavy atom. The van der Waals surface area contributed by atoms with Crippen molar-refractivity contribution in [2.24, 2.45) is 5.92 Å². The van der Waals surface area contributed by atoms with Crippen molar-refractivity contribution >= 4 is 11.9 Å². The number of esters is 2. The SMILES string of the molecule is CCCCCCCCCCCCCCCCCCCC(=O)OC[C@@H](O)COC(=O)CCCCCCCCCCCCCCCCCCCCC(C)C. The zero-order valence-electron chi connectivity index (χ0n) is 35.5. The first kappa shape index (κ1) is 50.9. The van der Waals surface area contributed by atoms with Gasteiger partial charge >= 0.3 is 11.9 Å². The molecule has 1 atom stereocenters. The molecule has 0 saturated carbocycles. The second-order valence-electron chi connectivity index (χ2n) is 16.7. The molecule has 0 unspecified atom stereocenters. The van der Waals surface area contributed by atoms with Gasteiger partial charge in [-0.15, -0.1) is 0 Å². The number of carbonyl (C=O) groups excluding carboxylic acids is 2. The van der Waals surface area contributed by atoms with Crippen molar-refractivity contribution < 1.29 is 24.2 Å². The molecule has 0 aliphatic rings. The Labute approximate surface area is 325 Å². The molecule has 0 aromatic carbocycles. The fraction of sp³-hybridized carbons (Fsp3) is 0.957. The third-order valence-corrected chi connectivity index (χ3v) is 10.8. The molecule has 310 valence electrons.